The van der Waals surface area contributed by atoms with E-state index in [4.69, 9.17) is 5.73 Å². The van der Waals surface area contributed by atoms with Crippen molar-refractivity contribution in [2.45, 2.75) is 58.0 Å². The standard InChI is InChI=1S/C17H27N3O/c1-2-14(9-10-18)5-8-17(21)20(16-6-7-16)13-15-4-3-11-19-12-15/h3-4,11-12,14,16H,2,5-10,13,18H2,1H3. The Bertz CT molecular complexity index is 431. The van der Waals surface area contributed by atoms with Gasteiger partial charge in [0.1, 0.15) is 0 Å². The fourth-order valence-corrected chi connectivity index (χ4v) is 2.75. The fourth-order valence-electron chi connectivity index (χ4n) is 2.75. The Balaban J connectivity index is 1.87. The highest BCUT2D eigenvalue weighted by atomic mass is 16.2. The van der Waals surface area contributed by atoms with Crippen LogP contribution in [0.25, 0.3) is 0 Å². The number of hydrogen-bond acceptors (Lipinski definition) is 3. The summed E-state index contributed by atoms with van der Waals surface area (Å²) in [6, 6.07) is 4.42. The summed E-state index contributed by atoms with van der Waals surface area (Å²) >= 11 is 0. The maximum atomic E-state index is 12.5. The van der Waals surface area contributed by atoms with Gasteiger partial charge in [-0.1, -0.05) is 19.4 Å². The molecule has 0 spiro atoms. The van der Waals surface area contributed by atoms with Gasteiger partial charge >= 0.3 is 0 Å². The Kier molecular flexibility index (Phi) is 6.18. The van der Waals surface area contributed by atoms with Crippen LogP contribution < -0.4 is 5.73 Å². The van der Waals surface area contributed by atoms with E-state index < -0.39 is 0 Å². The molecule has 116 valence electrons. The topological polar surface area (TPSA) is 59.2 Å². The van der Waals surface area contributed by atoms with Crippen LogP contribution in [0.3, 0.4) is 0 Å². The Morgan fingerprint density at radius 1 is 1.48 bits per heavy atom. The summed E-state index contributed by atoms with van der Waals surface area (Å²) in [4.78, 5) is 18.7. The molecule has 1 aliphatic rings. The van der Waals surface area contributed by atoms with E-state index >= 15 is 0 Å². The van der Waals surface area contributed by atoms with E-state index in [1.165, 1.54) is 0 Å². The van der Waals surface area contributed by atoms with Crippen molar-refractivity contribution in [2.24, 2.45) is 11.7 Å². The Morgan fingerprint density at radius 2 is 2.29 bits per heavy atom. The van der Waals surface area contributed by atoms with Crippen LogP contribution in [0.5, 0.6) is 0 Å². The monoisotopic (exact) mass is 289 g/mol. The molecule has 1 aromatic rings. The average Bonchev–Trinajstić information content (AvgIpc) is 3.34. The lowest BCUT2D eigenvalue weighted by Crippen LogP contribution is -2.32. The highest BCUT2D eigenvalue weighted by Crippen LogP contribution is 2.29. The molecule has 4 nitrogen and oxygen atoms in total. The number of hydrogen-bond donors (Lipinski definition) is 1. The first-order chi connectivity index (χ1) is 10.2. The summed E-state index contributed by atoms with van der Waals surface area (Å²) in [7, 11) is 0. The van der Waals surface area contributed by atoms with Gasteiger partial charge in [-0.15, -0.1) is 0 Å². The molecule has 1 heterocycles. The number of carbonyl (C=O) groups is 1. The predicted molar refractivity (Wildman–Crippen MR) is 84.5 cm³/mol. The van der Waals surface area contributed by atoms with Gasteiger partial charge in [-0.05, 0) is 49.8 Å². The van der Waals surface area contributed by atoms with Crippen molar-refractivity contribution in [1.29, 1.82) is 0 Å². The van der Waals surface area contributed by atoms with E-state index in [1.54, 1.807) is 6.20 Å². The first-order valence-electron chi connectivity index (χ1n) is 8.13. The normalized spacial score (nSPS) is 15.7. The highest BCUT2D eigenvalue weighted by Gasteiger charge is 2.32. The zero-order valence-corrected chi connectivity index (χ0v) is 13.0. The van der Waals surface area contributed by atoms with E-state index in [2.05, 4.69) is 11.9 Å². The number of aromatic nitrogens is 1. The van der Waals surface area contributed by atoms with Crippen molar-refractivity contribution in [3.63, 3.8) is 0 Å². The van der Waals surface area contributed by atoms with Gasteiger partial charge in [0, 0.05) is 31.4 Å². The van der Waals surface area contributed by atoms with Gasteiger partial charge < -0.3 is 10.6 Å². The number of amides is 1. The van der Waals surface area contributed by atoms with E-state index in [1.807, 2.05) is 23.2 Å². The predicted octanol–water partition coefficient (Wildman–Crippen LogP) is 2.73. The largest absolute Gasteiger partial charge is 0.335 e. The Hall–Kier alpha value is -1.42. The maximum absolute atomic E-state index is 12.5. The van der Waals surface area contributed by atoms with E-state index in [0.717, 1.165) is 37.7 Å². The molecular formula is C17H27N3O. The minimum atomic E-state index is 0.289. The zero-order valence-electron chi connectivity index (χ0n) is 13.0. The number of nitrogens with zero attached hydrogens (tertiary/aromatic N) is 2. The van der Waals surface area contributed by atoms with Crippen LogP contribution >= 0.6 is 0 Å². The molecule has 1 amide bonds. The quantitative estimate of drug-likeness (QED) is 0.760. The van der Waals surface area contributed by atoms with E-state index in [0.29, 0.717) is 31.5 Å². The molecule has 1 saturated carbocycles. The third kappa shape index (κ3) is 5.12. The molecule has 0 radical (unpaired) electrons. The van der Waals surface area contributed by atoms with Crippen LogP contribution in [-0.2, 0) is 11.3 Å². The third-order valence-corrected chi connectivity index (χ3v) is 4.30. The van der Waals surface area contributed by atoms with Crippen molar-refractivity contribution in [1.82, 2.24) is 9.88 Å². The number of pyridine rings is 1. The first kappa shape index (κ1) is 16.0. The van der Waals surface area contributed by atoms with Gasteiger partial charge in [0.25, 0.3) is 0 Å². The second-order valence-corrected chi connectivity index (χ2v) is 6.00. The van der Waals surface area contributed by atoms with Crippen LogP contribution in [0.4, 0.5) is 0 Å². The minimum absolute atomic E-state index is 0.289. The van der Waals surface area contributed by atoms with Gasteiger partial charge in [-0.3, -0.25) is 9.78 Å². The van der Waals surface area contributed by atoms with E-state index in [9.17, 15) is 4.79 Å². The van der Waals surface area contributed by atoms with Crippen molar-refractivity contribution < 1.29 is 4.79 Å². The van der Waals surface area contributed by atoms with Crippen LogP contribution in [-0.4, -0.2) is 28.4 Å². The van der Waals surface area contributed by atoms with Gasteiger partial charge in [-0.25, -0.2) is 0 Å². The molecule has 0 aromatic carbocycles. The number of rotatable bonds is 9. The first-order valence-corrected chi connectivity index (χ1v) is 8.13. The second kappa shape index (κ2) is 8.13. The Labute approximate surface area is 127 Å². The van der Waals surface area contributed by atoms with Gasteiger partial charge in [0.15, 0.2) is 0 Å². The smallest absolute Gasteiger partial charge is 0.223 e. The van der Waals surface area contributed by atoms with Crippen LogP contribution in [0.1, 0.15) is 51.0 Å². The lowest BCUT2D eigenvalue weighted by atomic mass is 9.96. The number of carbonyl (C=O) groups excluding carboxylic acids is 1. The average molecular weight is 289 g/mol. The van der Waals surface area contributed by atoms with Gasteiger partial charge in [0.2, 0.25) is 5.91 Å². The minimum Gasteiger partial charge on any atom is -0.335 e. The molecule has 1 atom stereocenters. The lowest BCUT2D eigenvalue weighted by Gasteiger charge is -2.23. The zero-order chi connectivity index (χ0) is 15.1. The summed E-state index contributed by atoms with van der Waals surface area (Å²) in [5, 5.41) is 0. The summed E-state index contributed by atoms with van der Waals surface area (Å²) in [6.07, 6.45) is 9.65. The molecule has 0 saturated heterocycles. The molecule has 2 rings (SSSR count). The molecule has 1 unspecified atom stereocenters. The molecule has 21 heavy (non-hydrogen) atoms. The summed E-state index contributed by atoms with van der Waals surface area (Å²) < 4.78 is 0. The molecule has 0 aliphatic heterocycles. The van der Waals surface area contributed by atoms with Gasteiger partial charge in [0.05, 0.1) is 0 Å². The summed E-state index contributed by atoms with van der Waals surface area (Å²) in [5.41, 5.74) is 6.75. The molecule has 1 aliphatic carbocycles. The van der Waals surface area contributed by atoms with Crippen molar-refractivity contribution in [2.75, 3.05) is 6.54 Å². The van der Waals surface area contributed by atoms with Gasteiger partial charge in [-0.2, -0.15) is 0 Å². The maximum Gasteiger partial charge on any atom is 0.223 e. The van der Waals surface area contributed by atoms with Crippen molar-refractivity contribution >= 4 is 5.91 Å². The molecule has 2 N–H and O–H groups in total. The molecule has 1 aromatic heterocycles. The SMILES string of the molecule is CCC(CCN)CCC(=O)N(Cc1cccnc1)C1CC1. The lowest BCUT2D eigenvalue weighted by molar-refractivity contribution is -0.132. The Morgan fingerprint density at radius 3 is 2.86 bits per heavy atom. The highest BCUT2D eigenvalue weighted by molar-refractivity contribution is 5.76. The van der Waals surface area contributed by atoms with Crippen molar-refractivity contribution in [3.8, 4) is 0 Å². The molecule has 1 fully saturated rings. The summed E-state index contributed by atoms with van der Waals surface area (Å²) in [5.74, 6) is 0.871. The third-order valence-electron chi connectivity index (χ3n) is 4.30. The van der Waals surface area contributed by atoms with Crippen molar-refractivity contribution in [3.05, 3.63) is 30.1 Å². The summed E-state index contributed by atoms with van der Waals surface area (Å²) in [6.45, 7) is 3.60. The molecule has 0 bridgehead atoms. The van der Waals surface area contributed by atoms with Crippen LogP contribution in [0, 0.1) is 5.92 Å². The number of nitrogens with two attached hydrogens (primary N) is 1. The second-order valence-electron chi connectivity index (χ2n) is 6.00. The fraction of sp³-hybridized carbons (Fsp3) is 0.647. The molecular weight excluding hydrogens is 262 g/mol. The molecule has 4 heteroatoms. The van der Waals surface area contributed by atoms with Crippen LogP contribution in [0.15, 0.2) is 24.5 Å². The van der Waals surface area contributed by atoms with Crippen LogP contribution in [0.2, 0.25) is 0 Å². The van der Waals surface area contributed by atoms with E-state index in [-0.39, 0.29) is 5.91 Å².